The summed E-state index contributed by atoms with van der Waals surface area (Å²) in [6, 6.07) is 11.0. The molecule has 0 aliphatic carbocycles. The molecule has 9 nitrogen and oxygen atoms in total. The number of anilines is 1. The van der Waals surface area contributed by atoms with Crippen molar-refractivity contribution in [2.45, 2.75) is 6.18 Å². The fraction of sp³-hybridized carbons (Fsp3) is 0.150. The molecule has 3 heterocycles. The van der Waals surface area contributed by atoms with E-state index < -0.39 is 24.5 Å². The summed E-state index contributed by atoms with van der Waals surface area (Å²) >= 11 is 0. The largest absolute Gasteiger partial charge is 0.406 e. The van der Waals surface area contributed by atoms with Gasteiger partial charge < -0.3 is 10.2 Å². The summed E-state index contributed by atoms with van der Waals surface area (Å²) in [5.41, 5.74) is 1.02. The van der Waals surface area contributed by atoms with Crippen LogP contribution < -0.4 is 5.32 Å². The van der Waals surface area contributed by atoms with Crippen LogP contribution in [0.15, 0.2) is 55.0 Å². The Morgan fingerprint density at radius 1 is 1.16 bits per heavy atom. The maximum Gasteiger partial charge on any atom is 0.406 e. The van der Waals surface area contributed by atoms with Crippen LogP contribution in [0.25, 0.3) is 17.0 Å². The molecular weight excluding hydrogens is 427 g/mol. The van der Waals surface area contributed by atoms with Crippen LogP contribution in [-0.2, 0) is 0 Å². The van der Waals surface area contributed by atoms with Crippen LogP contribution in [-0.4, -0.2) is 61.0 Å². The van der Waals surface area contributed by atoms with Crippen molar-refractivity contribution >= 4 is 23.4 Å². The quantitative estimate of drug-likeness (QED) is 0.493. The van der Waals surface area contributed by atoms with Crippen LogP contribution in [0, 0.1) is 0 Å². The average Bonchev–Trinajstić information content (AvgIpc) is 3.39. The number of carbonyl (C=O) groups is 2. The molecule has 4 rings (SSSR count). The molecule has 164 valence electrons. The molecule has 32 heavy (non-hydrogen) atoms. The van der Waals surface area contributed by atoms with Crippen LogP contribution in [0.4, 0.5) is 19.0 Å². The van der Waals surface area contributed by atoms with Crippen molar-refractivity contribution < 1.29 is 22.8 Å². The Balaban J connectivity index is 1.53. The van der Waals surface area contributed by atoms with E-state index in [1.54, 1.807) is 16.8 Å². The summed E-state index contributed by atoms with van der Waals surface area (Å²) in [7, 11) is 0.989. The van der Waals surface area contributed by atoms with Gasteiger partial charge in [0.2, 0.25) is 5.78 Å². The maximum atomic E-state index is 12.6. The predicted octanol–water partition coefficient (Wildman–Crippen LogP) is 3.01. The summed E-state index contributed by atoms with van der Waals surface area (Å²) < 4.78 is 39.4. The second-order valence-corrected chi connectivity index (χ2v) is 6.90. The van der Waals surface area contributed by atoms with Crippen molar-refractivity contribution in [3.05, 3.63) is 66.2 Å². The number of aromatic amines is 1. The van der Waals surface area contributed by atoms with E-state index in [-0.39, 0.29) is 17.1 Å². The van der Waals surface area contributed by atoms with E-state index in [1.165, 1.54) is 6.07 Å². The monoisotopic (exact) mass is 443 g/mol. The van der Waals surface area contributed by atoms with Crippen molar-refractivity contribution in [1.82, 2.24) is 29.5 Å². The third kappa shape index (κ3) is 4.43. The summed E-state index contributed by atoms with van der Waals surface area (Å²) in [5.74, 6) is -1.31. The van der Waals surface area contributed by atoms with Crippen LogP contribution in [0.1, 0.15) is 20.8 Å². The molecule has 0 aliphatic rings. The smallest absolute Gasteiger partial charge is 0.332 e. The zero-order valence-corrected chi connectivity index (χ0v) is 16.6. The number of nitrogens with zero attached hydrogens (tertiary/aromatic N) is 5. The molecule has 0 radical (unpaired) electrons. The van der Waals surface area contributed by atoms with E-state index in [9.17, 15) is 22.8 Å². The Hall–Kier alpha value is -4.22. The van der Waals surface area contributed by atoms with Gasteiger partial charge in [0.25, 0.3) is 11.8 Å². The molecule has 4 aromatic rings. The van der Waals surface area contributed by atoms with E-state index in [1.807, 2.05) is 30.3 Å². The predicted molar refractivity (Wildman–Crippen MR) is 108 cm³/mol. The van der Waals surface area contributed by atoms with Crippen molar-refractivity contribution in [2.24, 2.45) is 0 Å². The van der Waals surface area contributed by atoms with Gasteiger partial charge in [-0.3, -0.25) is 19.1 Å². The van der Waals surface area contributed by atoms with E-state index in [2.05, 4.69) is 25.5 Å². The highest BCUT2D eigenvalue weighted by Gasteiger charge is 2.33. The van der Waals surface area contributed by atoms with Crippen molar-refractivity contribution in [3.8, 4) is 11.3 Å². The van der Waals surface area contributed by atoms with Crippen LogP contribution in [0.3, 0.4) is 0 Å². The summed E-state index contributed by atoms with van der Waals surface area (Å²) in [6.07, 6.45) is -0.140. The number of fused-ring (bicyclic) bond motifs is 1. The number of amides is 2. The fourth-order valence-corrected chi connectivity index (χ4v) is 3.04. The summed E-state index contributed by atoms with van der Waals surface area (Å²) in [4.78, 5) is 34.1. The minimum Gasteiger partial charge on any atom is -0.332 e. The Kier molecular flexibility index (Phi) is 5.34. The topological polar surface area (TPSA) is 108 Å². The van der Waals surface area contributed by atoms with E-state index in [0.29, 0.717) is 16.4 Å². The molecule has 0 aliphatic heterocycles. The van der Waals surface area contributed by atoms with E-state index in [0.717, 1.165) is 18.8 Å². The van der Waals surface area contributed by atoms with Crippen molar-refractivity contribution in [2.75, 3.05) is 18.9 Å². The first-order valence-corrected chi connectivity index (χ1v) is 9.29. The summed E-state index contributed by atoms with van der Waals surface area (Å²) in [6.45, 7) is -1.46. The minimum atomic E-state index is -4.57. The lowest BCUT2D eigenvalue weighted by molar-refractivity contribution is -0.138. The highest BCUT2D eigenvalue weighted by Crippen LogP contribution is 2.20. The molecule has 0 saturated carbocycles. The van der Waals surface area contributed by atoms with Gasteiger partial charge in [-0.25, -0.2) is 4.98 Å². The van der Waals surface area contributed by atoms with Gasteiger partial charge in [0, 0.05) is 25.0 Å². The molecule has 0 spiro atoms. The molecule has 1 aromatic carbocycles. The lowest BCUT2D eigenvalue weighted by Crippen LogP contribution is -2.36. The fourth-order valence-electron chi connectivity index (χ4n) is 3.04. The molecule has 0 bridgehead atoms. The van der Waals surface area contributed by atoms with Crippen LogP contribution in [0.2, 0.25) is 0 Å². The molecule has 3 aromatic heterocycles. The van der Waals surface area contributed by atoms with Gasteiger partial charge in [-0.2, -0.15) is 23.3 Å². The minimum absolute atomic E-state index is 0.143. The van der Waals surface area contributed by atoms with Crippen molar-refractivity contribution in [1.29, 1.82) is 0 Å². The Bertz CT molecular complexity index is 1280. The average molecular weight is 443 g/mol. The Morgan fingerprint density at radius 3 is 2.62 bits per heavy atom. The first-order chi connectivity index (χ1) is 15.2. The molecule has 0 saturated heterocycles. The third-order valence-electron chi connectivity index (χ3n) is 4.50. The van der Waals surface area contributed by atoms with Gasteiger partial charge in [0.05, 0.1) is 17.5 Å². The van der Waals surface area contributed by atoms with E-state index in [4.69, 9.17) is 0 Å². The lowest BCUT2D eigenvalue weighted by Gasteiger charge is -2.18. The molecule has 12 heteroatoms. The number of imidazole rings is 1. The number of hydrogen-bond acceptors (Lipinski definition) is 5. The normalized spacial score (nSPS) is 11.5. The molecule has 0 atom stereocenters. The highest BCUT2D eigenvalue weighted by molar-refractivity contribution is 6.10. The molecule has 0 fully saturated rings. The van der Waals surface area contributed by atoms with Crippen LogP contribution >= 0.6 is 0 Å². The zero-order chi connectivity index (χ0) is 22.9. The first-order valence-electron chi connectivity index (χ1n) is 9.29. The second-order valence-electron chi connectivity index (χ2n) is 6.90. The third-order valence-corrected chi connectivity index (χ3v) is 4.50. The van der Waals surface area contributed by atoms with Gasteiger partial charge in [0.15, 0.2) is 0 Å². The van der Waals surface area contributed by atoms with Crippen LogP contribution in [0.5, 0.6) is 0 Å². The van der Waals surface area contributed by atoms with Gasteiger partial charge in [0.1, 0.15) is 18.1 Å². The standard InChI is InChI=1S/C20H16F3N7O2/c1-29(11-20(21,22)23)18(32)13-9-24-28-16(13)17(31)26-15-7-8-30-10-14(25-19(30)27-15)12-5-3-2-4-6-12/h2-10H,11H2,1H3,(H,24,28)(H,25,26,27,31). The Morgan fingerprint density at radius 2 is 1.91 bits per heavy atom. The van der Waals surface area contributed by atoms with Gasteiger partial charge >= 0.3 is 6.18 Å². The number of benzene rings is 1. The number of halogens is 3. The van der Waals surface area contributed by atoms with E-state index >= 15 is 0 Å². The number of aromatic nitrogens is 5. The number of carbonyl (C=O) groups excluding carboxylic acids is 2. The molecule has 2 amide bonds. The highest BCUT2D eigenvalue weighted by atomic mass is 19.4. The SMILES string of the molecule is CN(CC(F)(F)F)C(=O)c1cn[nH]c1C(=O)Nc1ccn2cc(-c3ccccc3)nc2n1. The van der Waals surface area contributed by atoms with Gasteiger partial charge in [-0.15, -0.1) is 0 Å². The summed E-state index contributed by atoms with van der Waals surface area (Å²) in [5, 5.41) is 8.47. The molecular formula is C20H16F3N7O2. The second kappa shape index (κ2) is 8.13. The maximum absolute atomic E-state index is 12.6. The van der Waals surface area contributed by atoms with Gasteiger partial charge in [-0.1, -0.05) is 30.3 Å². The number of H-pyrrole nitrogens is 1. The Labute approximate surface area is 178 Å². The first kappa shape index (κ1) is 21.0. The number of rotatable bonds is 5. The number of nitrogens with one attached hydrogen (secondary N) is 2. The zero-order valence-electron chi connectivity index (χ0n) is 16.6. The van der Waals surface area contributed by atoms with Gasteiger partial charge in [-0.05, 0) is 6.07 Å². The molecule has 0 unspecified atom stereocenters. The lowest BCUT2D eigenvalue weighted by atomic mass is 10.2. The molecule has 2 N–H and O–H groups in total. The van der Waals surface area contributed by atoms with Crippen molar-refractivity contribution in [3.63, 3.8) is 0 Å². The number of alkyl halides is 3. The number of hydrogen-bond donors (Lipinski definition) is 2.